The zero-order valence-electron chi connectivity index (χ0n) is 13.8. The van der Waals surface area contributed by atoms with Crippen LogP contribution in [0.15, 0.2) is 85.5 Å². The molecule has 0 aliphatic rings. The summed E-state index contributed by atoms with van der Waals surface area (Å²) in [7, 11) is 0. The van der Waals surface area contributed by atoms with Crippen molar-refractivity contribution >= 4 is 11.6 Å². The molecule has 2 aromatic carbocycles. The largest absolute Gasteiger partial charge is 0.321 e. The van der Waals surface area contributed by atoms with Crippen LogP contribution in [0.25, 0.3) is 16.9 Å². The van der Waals surface area contributed by atoms with Crippen LogP contribution in [0.5, 0.6) is 0 Å². The van der Waals surface area contributed by atoms with Crippen molar-refractivity contribution in [2.24, 2.45) is 0 Å². The van der Waals surface area contributed by atoms with Gasteiger partial charge in [-0.2, -0.15) is 5.10 Å². The Morgan fingerprint density at radius 3 is 2.42 bits per heavy atom. The number of nitrogens with zero attached hydrogens (tertiary/aromatic N) is 4. The Labute approximate surface area is 150 Å². The van der Waals surface area contributed by atoms with Crippen molar-refractivity contribution in [3.05, 3.63) is 91.1 Å². The monoisotopic (exact) mass is 341 g/mol. The van der Waals surface area contributed by atoms with Gasteiger partial charge in [0.05, 0.1) is 23.8 Å². The molecule has 0 aliphatic heterocycles. The smallest absolute Gasteiger partial charge is 0.275 e. The molecule has 1 N–H and O–H groups in total. The van der Waals surface area contributed by atoms with Crippen LogP contribution in [0.4, 0.5) is 5.69 Å². The molecule has 0 aliphatic carbocycles. The van der Waals surface area contributed by atoms with Crippen molar-refractivity contribution in [3.8, 4) is 16.9 Å². The Kier molecular flexibility index (Phi) is 4.22. The van der Waals surface area contributed by atoms with E-state index >= 15 is 0 Å². The van der Waals surface area contributed by atoms with Gasteiger partial charge in [0.2, 0.25) is 0 Å². The summed E-state index contributed by atoms with van der Waals surface area (Å²) in [4.78, 5) is 20.0. The number of aromatic nitrogens is 4. The van der Waals surface area contributed by atoms with Gasteiger partial charge in [-0.15, -0.1) is 0 Å². The normalized spacial score (nSPS) is 10.5. The molecule has 6 heteroatoms. The van der Waals surface area contributed by atoms with Gasteiger partial charge < -0.3 is 5.32 Å². The van der Waals surface area contributed by atoms with Gasteiger partial charge in [-0.25, -0.2) is 9.67 Å². The Bertz CT molecular complexity index is 1010. The summed E-state index contributed by atoms with van der Waals surface area (Å²) < 4.78 is 1.88. The third-order valence-corrected chi connectivity index (χ3v) is 3.88. The van der Waals surface area contributed by atoms with E-state index in [0.717, 1.165) is 16.9 Å². The minimum Gasteiger partial charge on any atom is -0.321 e. The molecule has 0 spiro atoms. The molecule has 2 heterocycles. The van der Waals surface area contributed by atoms with Gasteiger partial charge in [0, 0.05) is 23.6 Å². The van der Waals surface area contributed by atoms with Gasteiger partial charge in [0.25, 0.3) is 5.91 Å². The SMILES string of the molecule is O=C(Nc1ccc(-c2ccnn2-c2ccccc2)cc1)c1cnccn1. The van der Waals surface area contributed by atoms with E-state index in [1.54, 1.807) is 6.20 Å². The molecule has 126 valence electrons. The second-order valence-corrected chi connectivity index (χ2v) is 5.59. The molecule has 1 amide bonds. The predicted octanol–water partition coefficient (Wildman–Crippen LogP) is 3.58. The number of benzene rings is 2. The maximum Gasteiger partial charge on any atom is 0.275 e. The fourth-order valence-electron chi connectivity index (χ4n) is 2.63. The molecule has 0 atom stereocenters. The van der Waals surface area contributed by atoms with E-state index in [0.29, 0.717) is 5.69 Å². The molecule has 0 saturated carbocycles. The summed E-state index contributed by atoms with van der Waals surface area (Å²) in [6.07, 6.45) is 6.22. The summed E-state index contributed by atoms with van der Waals surface area (Å²) in [5, 5.41) is 7.22. The van der Waals surface area contributed by atoms with Crippen LogP contribution >= 0.6 is 0 Å². The van der Waals surface area contributed by atoms with E-state index in [4.69, 9.17) is 0 Å². The molecular weight excluding hydrogens is 326 g/mol. The molecule has 0 fully saturated rings. The summed E-state index contributed by atoms with van der Waals surface area (Å²) in [6.45, 7) is 0. The minimum absolute atomic E-state index is 0.277. The van der Waals surface area contributed by atoms with Gasteiger partial charge >= 0.3 is 0 Å². The van der Waals surface area contributed by atoms with E-state index in [2.05, 4.69) is 20.4 Å². The minimum atomic E-state index is -0.292. The molecular formula is C20H15N5O. The van der Waals surface area contributed by atoms with Crippen LogP contribution in [0.1, 0.15) is 10.5 Å². The zero-order valence-corrected chi connectivity index (χ0v) is 13.8. The highest BCUT2D eigenvalue weighted by Crippen LogP contribution is 2.24. The first-order chi connectivity index (χ1) is 12.8. The lowest BCUT2D eigenvalue weighted by molar-refractivity contribution is 0.102. The van der Waals surface area contributed by atoms with Crippen LogP contribution in [-0.2, 0) is 0 Å². The average Bonchev–Trinajstić information content (AvgIpc) is 3.20. The number of amides is 1. The zero-order chi connectivity index (χ0) is 17.8. The summed E-state index contributed by atoms with van der Waals surface area (Å²) in [5.74, 6) is -0.292. The van der Waals surface area contributed by atoms with E-state index in [-0.39, 0.29) is 11.6 Å². The number of hydrogen-bond donors (Lipinski definition) is 1. The lowest BCUT2D eigenvalue weighted by atomic mass is 10.1. The number of rotatable bonds is 4. The average molecular weight is 341 g/mol. The third-order valence-electron chi connectivity index (χ3n) is 3.88. The van der Waals surface area contributed by atoms with Gasteiger partial charge in [0.1, 0.15) is 5.69 Å². The second-order valence-electron chi connectivity index (χ2n) is 5.59. The maximum atomic E-state index is 12.1. The Morgan fingerprint density at radius 1 is 0.885 bits per heavy atom. The molecule has 0 saturated heterocycles. The fraction of sp³-hybridized carbons (Fsp3) is 0. The van der Waals surface area contributed by atoms with Gasteiger partial charge in [0.15, 0.2) is 0 Å². The Hall–Kier alpha value is -3.80. The number of carbonyl (C=O) groups excluding carboxylic acids is 1. The van der Waals surface area contributed by atoms with Crippen LogP contribution in [0.2, 0.25) is 0 Å². The number of para-hydroxylation sites is 1. The second kappa shape index (κ2) is 6.98. The highest BCUT2D eigenvalue weighted by atomic mass is 16.1. The van der Waals surface area contributed by atoms with Crippen molar-refractivity contribution in [3.63, 3.8) is 0 Å². The number of hydrogen-bond acceptors (Lipinski definition) is 4. The highest BCUT2D eigenvalue weighted by Gasteiger charge is 2.09. The van der Waals surface area contributed by atoms with Crippen LogP contribution < -0.4 is 5.32 Å². The molecule has 0 bridgehead atoms. The summed E-state index contributed by atoms with van der Waals surface area (Å²) in [6, 6.07) is 19.5. The van der Waals surface area contributed by atoms with Crippen molar-refractivity contribution in [2.45, 2.75) is 0 Å². The first-order valence-corrected chi connectivity index (χ1v) is 8.08. The van der Waals surface area contributed by atoms with E-state index in [1.807, 2.05) is 65.3 Å². The molecule has 0 radical (unpaired) electrons. The van der Waals surface area contributed by atoms with Gasteiger partial charge in [-0.1, -0.05) is 30.3 Å². The van der Waals surface area contributed by atoms with E-state index in [1.165, 1.54) is 18.6 Å². The molecule has 4 aromatic rings. The maximum absolute atomic E-state index is 12.1. The first-order valence-electron chi connectivity index (χ1n) is 8.08. The first kappa shape index (κ1) is 15.7. The third kappa shape index (κ3) is 3.21. The molecule has 26 heavy (non-hydrogen) atoms. The van der Waals surface area contributed by atoms with E-state index in [9.17, 15) is 4.79 Å². The molecule has 6 nitrogen and oxygen atoms in total. The summed E-state index contributed by atoms with van der Waals surface area (Å²) in [5.41, 5.74) is 3.94. The Balaban J connectivity index is 1.56. The summed E-state index contributed by atoms with van der Waals surface area (Å²) >= 11 is 0. The molecule has 0 unspecified atom stereocenters. The van der Waals surface area contributed by atoms with Crippen molar-refractivity contribution in [2.75, 3.05) is 5.32 Å². The van der Waals surface area contributed by atoms with Gasteiger partial charge in [-0.05, 0) is 30.3 Å². The predicted molar refractivity (Wildman–Crippen MR) is 99.0 cm³/mol. The van der Waals surface area contributed by atoms with Gasteiger partial charge in [-0.3, -0.25) is 9.78 Å². The van der Waals surface area contributed by atoms with Crippen molar-refractivity contribution in [1.82, 2.24) is 19.7 Å². The van der Waals surface area contributed by atoms with Crippen LogP contribution in [-0.4, -0.2) is 25.7 Å². The van der Waals surface area contributed by atoms with Crippen molar-refractivity contribution < 1.29 is 4.79 Å². The highest BCUT2D eigenvalue weighted by molar-refractivity contribution is 6.02. The number of carbonyl (C=O) groups is 1. The molecule has 2 aromatic heterocycles. The number of anilines is 1. The van der Waals surface area contributed by atoms with Crippen molar-refractivity contribution in [1.29, 1.82) is 0 Å². The lowest BCUT2D eigenvalue weighted by Crippen LogP contribution is -2.13. The fourth-order valence-corrected chi connectivity index (χ4v) is 2.63. The van der Waals surface area contributed by atoms with E-state index < -0.39 is 0 Å². The number of nitrogens with one attached hydrogen (secondary N) is 1. The quantitative estimate of drug-likeness (QED) is 0.616. The Morgan fingerprint density at radius 2 is 1.69 bits per heavy atom. The standard InChI is InChI=1S/C20H15N5O/c26-20(18-14-21-12-13-22-18)24-16-8-6-15(7-9-16)19-10-11-23-25(19)17-4-2-1-3-5-17/h1-14H,(H,24,26). The molecule has 4 rings (SSSR count). The lowest BCUT2D eigenvalue weighted by Gasteiger charge is -2.09. The van der Waals surface area contributed by atoms with Crippen LogP contribution in [0, 0.1) is 0 Å². The topological polar surface area (TPSA) is 72.7 Å². The van der Waals surface area contributed by atoms with Crippen LogP contribution in [0.3, 0.4) is 0 Å².